The van der Waals surface area contributed by atoms with E-state index >= 15 is 0 Å². The molecular formula is C14H16BNO3S. The first-order valence-corrected chi connectivity index (χ1v) is 7.72. The normalized spacial score (nSPS) is 15.9. The predicted molar refractivity (Wildman–Crippen MR) is 79.3 cm³/mol. The molecule has 0 spiro atoms. The maximum absolute atomic E-state index is 12.0. The molecule has 1 aliphatic heterocycles. The maximum atomic E-state index is 12.0. The van der Waals surface area contributed by atoms with E-state index in [0.29, 0.717) is 31.7 Å². The lowest BCUT2D eigenvalue weighted by atomic mass is 9.95. The van der Waals surface area contributed by atoms with Gasteiger partial charge in [0.2, 0.25) is 7.85 Å². The molecule has 1 aromatic rings. The third-order valence-electron chi connectivity index (χ3n) is 3.42. The van der Waals surface area contributed by atoms with Crippen LogP contribution in [0.3, 0.4) is 0 Å². The second kappa shape index (κ2) is 6.84. The van der Waals surface area contributed by atoms with Crippen LogP contribution in [0.25, 0.3) is 0 Å². The summed E-state index contributed by atoms with van der Waals surface area (Å²) in [6, 6.07) is 7.43. The first-order chi connectivity index (χ1) is 9.60. The maximum Gasteiger partial charge on any atom is 0.314 e. The number of ether oxygens (including phenoxy) is 1. The SMILES string of the molecule is [B]C(=O)N1CCC(C(=O)Oc2ccc(SC)cc2)CC1. The van der Waals surface area contributed by atoms with Crippen LogP contribution in [0.2, 0.25) is 0 Å². The van der Waals surface area contributed by atoms with Crippen molar-refractivity contribution in [3.05, 3.63) is 24.3 Å². The summed E-state index contributed by atoms with van der Waals surface area (Å²) in [4.78, 5) is 25.7. The number of carbonyl (C=O) groups is 2. The van der Waals surface area contributed by atoms with Gasteiger partial charge >= 0.3 is 5.97 Å². The van der Waals surface area contributed by atoms with Crippen molar-refractivity contribution in [1.82, 2.24) is 4.90 Å². The van der Waals surface area contributed by atoms with Crippen LogP contribution < -0.4 is 4.74 Å². The van der Waals surface area contributed by atoms with Crippen molar-refractivity contribution >= 4 is 31.4 Å². The number of carbonyl (C=O) groups excluding carboxylic acids is 2. The van der Waals surface area contributed by atoms with E-state index in [2.05, 4.69) is 0 Å². The van der Waals surface area contributed by atoms with E-state index in [1.165, 1.54) is 0 Å². The van der Waals surface area contributed by atoms with Crippen LogP contribution in [0.15, 0.2) is 29.2 Å². The van der Waals surface area contributed by atoms with Crippen molar-refractivity contribution in [3.63, 3.8) is 0 Å². The molecule has 0 aromatic heterocycles. The average molecular weight is 289 g/mol. The van der Waals surface area contributed by atoms with E-state index < -0.39 is 5.81 Å². The number of piperidine rings is 1. The minimum absolute atomic E-state index is 0.161. The Hall–Kier alpha value is -1.43. The summed E-state index contributed by atoms with van der Waals surface area (Å²) >= 11 is 1.64. The molecule has 2 rings (SSSR count). The second-order valence-electron chi connectivity index (χ2n) is 4.70. The monoisotopic (exact) mass is 289 g/mol. The summed E-state index contributed by atoms with van der Waals surface area (Å²) in [5, 5.41) is 0. The standard InChI is InChI=1S/C14H16BNO3S/c1-20-12-4-2-11(3-5-12)19-13(17)10-6-8-16(9-7-10)14(15)18/h2-5,10H,6-9H2,1H3. The minimum atomic E-state index is -0.426. The van der Waals surface area contributed by atoms with Gasteiger partial charge in [0.15, 0.2) is 5.81 Å². The molecule has 2 radical (unpaired) electrons. The molecule has 0 N–H and O–H groups in total. The zero-order valence-corrected chi connectivity index (χ0v) is 12.2. The first kappa shape index (κ1) is 15.0. The van der Waals surface area contributed by atoms with Crippen LogP contribution in [0.5, 0.6) is 5.75 Å². The number of benzene rings is 1. The van der Waals surface area contributed by atoms with Crippen molar-refractivity contribution in [2.75, 3.05) is 19.3 Å². The molecular weight excluding hydrogens is 273 g/mol. The molecule has 0 saturated carbocycles. The summed E-state index contributed by atoms with van der Waals surface area (Å²) in [5.74, 6) is -0.258. The highest BCUT2D eigenvalue weighted by Gasteiger charge is 2.27. The minimum Gasteiger partial charge on any atom is -0.426 e. The zero-order valence-electron chi connectivity index (χ0n) is 11.4. The van der Waals surface area contributed by atoms with Gasteiger partial charge < -0.3 is 9.64 Å². The smallest absolute Gasteiger partial charge is 0.314 e. The van der Waals surface area contributed by atoms with Gasteiger partial charge in [-0.3, -0.25) is 9.59 Å². The van der Waals surface area contributed by atoms with E-state index in [1.807, 2.05) is 18.4 Å². The predicted octanol–water partition coefficient (Wildman–Crippen LogP) is 2.31. The number of nitrogens with zero attached hydrogens (tertiary/aromatic N) is 1. The Morgan fingerprint density at radius 3 is 2.35 bits per heavy atom. The third-order valence-corrected chi connectivity index (χ3v) is 4.16. The molecule has 0 unspecified atom stereocenters. The van der Waals surface area contributed by atoms with Crippen molar-refractivity contribution in [2.45, 2.75) is 17.7 Å². The van der Waals surface area contributed by atoms with Crippen LogP contribution in [0, 0.1) is 5.92 Å². The lowest BCUT2D eigenvalue weighted by Gasteiger charge is -2.30. The number of hydrogen-bond acceptors (Lipinski definition) is 4. The Balaban J connectivity index is 1.87. The van der Waals surface area contributed by atoms with Gasteiger partial charge in [0.1, 0.15) is 5.75 Å². The first-order valence-electron chi connectivity index (χ1n) is 6.50. The van der Waals surface area contributed by atoms with Crippen LogP contribution in [0.1, 0.15) is 12.8 Å². The molecule has 6 heteroatoms. The van der Waals surface area contributed by atoms with Crippen molar-refractivity contribution < 1.29 is 14.3 Å². The summed E-state index contributed by atoms with van der Waals surface area (Å²) in [5.41, 5.74) is 0. The quantitative estimate of drug-likeness (QED) is 0.371. The van der Waals surface area contributed by atoms with Crippen LogP contribution >= 0.6 is 11.8 Å². The molecule has 1 aromatic carbocycles. The fourth-order valence-corrected chi connectivity index (χ4v) is 2.59. The molecule has 1 heterocycles. The lowest BCUT2D eigenvalue weighted by molar-refractivity contribution is -0.140. The van der Waals surface area contributed by atoms with E-state index in [-0.39, 0.29) is 11.9 Å². The molecule has 104 valence electrons. The highest BCUT2D eigenvalue weighted by atomic mass is 32.2. The van der Waals surface area contributed by atoms with Gasteiger partial charge in [0.05, 0.1) is 5.92 Å². The van der Waals surface area contributed by atoms with Gasteiger partial charge in [0, 0.05) is 18.0 Å². The van der Waals surface area contributed by atoms with E-state index in [9.17, 15) is 9.59 Å². The summed E-state index contributed by atoms with van der Waals surface area (Å²) < 4.78 is 5.37. The number of likely N-dealkylation sites (tertiary alicyclic amines) is 1. The van der Waals surface area contributed by atoms with Gasteiger partial charge in [-0.15, -0.1) is 11.8 Å². The number of rotatable bonds is 3. The van der Waals surface area contributed by atoms with E-state index in [0.717, 1.165) is 4.90 Å². The number of amides is 1. The molecule has 0 bridgehead atoms. The summed E-state index contributed by atoms with van der Waals surface area (Å²) in [7, 11) is 5.21. The van der Waals surface area contributed by atoms with Crippen LogP contribution in [0.4, 0.5) is 4.79 Å². The molecule has 1 fully saturated rings. The van der Waals surface area contributed by atoms with Crippen molar-refractivity contribution in [3.8, 4) is 5.75 Å². The molecule has 20 heavy (non-hydrogen) atoms. The molecule has 1 amide bonds. The Labute approximate surface area is 124 Å². The van der Waals surface area contributed by atoms with Crippen LogP contribution in [-0.2, 0) is 4.79 Å². The number of esters is 1. The van der Waals surface area contributed by atoms with Crippen molar-refractivity contribution in [2.24, 2.45) is 5.92 Å². The summed E-state index contributed by atoms with van der Waals surface area (Å²) in [6.45, 7) is 1.03. The molecule has 1 aliphatic rings. The number of thioether (sulfide) groups is 1. The van der Waals surface area contributed by atoms with Gasteiger partial charge in [-0.2, -0.15) is 0 Å². The Morgan fingerprint density at radius 1 is 1.25 bits per heavy atom. The third kappa shape index (κ3) is 3.79. The van der Waals surface area contributed by atoms with E-state index in [1.54, 1.807) is 28.8 Å². The Bertz CT molecular complexity index is 484. The van der Waals surface area contributed by atoms with Crippen molar-refractivity contribution in [1.29, 1.82) is 0 Å². The molecule has 1 saturated heterocycles. The molecule has 0 aliphatic carbocycles. The summed E-state index contributed by atoms with van der Waals surface area (Å²) in [6.07, 6.45) is 3.20. The topological polar surface area (TPSA) is 46.6 Å². The largest absolute Gasteiger partial charge is 0.426 e. The molecule has 0 atom stereocenters. The second-order valence-corrected chi connectivity index (χ2v) is 5.58. The average Bonchev–Trinajstić information content (AvgIpc) is 2.48. The highest BCUT2D eigenvalue weighted by molar-refractivity contribution is 7.98. The van der Waals surface area contributed by atoms with E-state index in [4.69, 9.17) is 12.6 Å². The van der Waals surface area contributed by atoms with Gasteiger partial charge in [0.25, 0.3) is 0 Å². The van der Waals surface area contributed by atoms with Gasteiger partial charge in [-0.25, -0.2) is 0 Å². The zero-order chi connectivity index (χ0) is 14.5. The fourth-order valence-electron chi connectivity index (χ4n) is 2.18. The fraction of sp³-hybridized carbons (Fsp3) is 0.429. The number of hydrogen-bond donors (Lipinski definition) is 0. The lowest BCUT2D eigenvalue weighted by Crippen LogP contribution is -2.40. The molecule has 4 nitrogen and oxygen atoms in total. The Morgan fingerprint density at radius 2 is 1.85 bits per heavy atom. The van der Waals surface area contributed by atoms with Gasteiger partial charge in [-0.05, 0) is 43.4 Å². The van der Waals surface area contributed by atoms with Crippen LogP contribution in [-0.4, -0.2) is 43.9 Å². The Kier molecular flexibility index (Phi) is 5.12. The van der Waals surface area contributed by atoms with Gasteiger partial charge in [-0.1, -0.05) is 0 Å². The highest BCUT2D eigenvalue weighted by Crippen LogP contribution is 2.22.